The molecule has 0 aliphatic heterocycles. The lowest BCUT2D eigenvalue weighted by Crippen LogP contribution is -2.34. The molecule has 0 radical (unpaired) electrons. The van der Waals surface area contributed by atoms with Crippen LogP contribution in [0.5, 0.6) is 5.75 Å². The Kier molecular flexibility index (Phi) is 7.51. The van der Waals surface area contributed by atoms with Crippen molar-refractivity contribution >= 4 is 21.8 Å². The monoisotopic (exact) mass is 332 g/mol. The first-order valence-electron chi connectivity index (χ1n) is 6.83. The largest absolute Gasteiger partial charge is 0.495 e. The van der Waals surface area contributed by atoms with Gasteiger partial charge in [0.1, 0.15) is 10.6 Å². The van der Waals surface area contributed by atoms with Gasteiger partial charge in [-0.3, -0.25) is 0 Å². The van der Waals surface area contributed by atoms with Gasteiger partial charge >= 0.3 is 0 Å². The average molecular weight is 332 g/mol. The van der Waals surface area contributed by atoms with E-state index in [0.29, 0.717) is 12.3 Å². The van der Waals surface area contributed by atoms with E-state index in [1.807, 2.05) is 26.2 Å². The van der Waals surface area contributed by atoms with Crippen LogP contribution in [-0.2, 0) is 16.6 Å². The van der Waals surface area contributed by atoms with Crippen LogP contribution in [0.2, 0.25) is 0 Å². The maximum atomic E-state index is 12.5. The summed E-state index contributed by atoms with van der Waals surface area (Å²) in [5.41, 5.74) is 0.913. The van der Waals surface area contributed by atoms with Crippen LogP contribution in [0.1, 0.15) is 19.4 Å². The van der Waals surface area contributed by atoms with Crippen molar-refractivity contribution in [2.45, 2.75) is 31.3 Å². The summed E-state index contributed by atoms with van der Waals surface area (Å²) >= 11 is 1.60. The zero-order valence-electron chi connectivity index (χ0n) is 13.0. The second-order valence-electron chi connectivity index (χ2n) is 4.74. The number of thioether (sulfide) groups is 1. The zero-order chi connectivity index (χ0) is 15.9. The first-order chi connectivity index (χ1) is 9.94. The molecular weight excluding hydrogens is 308 g/mol. The summed E-state index contributed by atoms with van der Waals surface area (Å²) in [6.07, 6.45) is 1.95. The first-order valence-corrected chi connectivity index (χ1v) is 9.71. The van der Waals surface area contributed by atoms with Gasteiger partial charge < -0.3 is 10.1 Å². The van der Waals surface area contributed by atoms with Crippen molar-refractivity contribution in [3.8, 4) is 5.75 Å². The Balaban J connectivity index is 3.06. The van der Waals surface area contributed by atoms with Crippen molar-refractivity contribution in [3.05, 3.63) is 23.8 Å². The number of methoxy groups -OCH3 is 1. The standard InChI is InChI=1S/C14H24N2O3S2/c1-5-15-9-12-6-7-13(19-3)14(8-12)21(17,18)16-11(2)10-20-4/h6-8,11,15-16H,5,9-10H2,1-4H3. The van der Waals surface area contributed by atoms with E-state index in [9.17, 15) is 8.42 Å². The van der Waals surface area contributed by atoms with Crippen LogP contribution in [0.25, 0.3) is 0 Å². The molecule has 0 fully saturated rings. The molecule has 1 unspecified atom stereocenters. The van der Waals surface area contributed by atoms with Gasteiger partial charge in [-0.05, 0) is 37.4 Å². The fourth-order valence-electron chi connectivity index (χ4n) is 1.92. The Hall–Kier alpha value is -0.760. The molecule has 1 aromatic rings. The number of nitrogens with one attached hydrogen (secondary N) is 2. The van der Waals surface area contributed by atoms with Crippen LogP contribution in [0.15, 0.2) is 23.1 Å². The van der Waals surface area contributed by atoms with E-state index >= 15 is 0 Å². The Bertz CT molecular complexity index is 547. The molecule has 0 aliphatic rings. The fraction of sp³-hybridized carbons (Fsp3) is 0.571. The fourth-order valence-corrected chi connectivity index (χ4v) is 4.07. The van der Waals surface area contributed by atoms with Crippen LogP contribution in [0, 0.1) is 0 Å². The summed E-state index contributed by atoms with van der Waals surface area (Å²) < 4.78 is 32.9. The smallest absolute Gasteiger partial charge is 0.244 e. The van der Waals surface area contributed by atoms with Gasteiger partial charge in [0.25, 0.3) is 0 Å². The number of rotatable bonds is 9. The van der Waals surface area contributed by atoms with Gasteiger partial charge in [-0.1, -0.05) is 13.0 Å². The van der Waals surface area contributed by atoms with Gasteiger partial charge in [0.15, 0.2) is 0 Å². The van der Waals surface area contributed by atoms with E-state index in [2.05, 4.69) is 10.0 Å². The van der Waals surface area contributed by atoms with Crippen LogP contribution >= 0.6 is 11.8 Å². The van der Waals surface area contributed by atoms with E-state index in [1.165, 1.54) is 7.11 Å². The number of ether oxygens (including phenoxy) is 1. The second-order valence-corrected chi connectivity index (χ2v) is 7.34. The molecule has 1 atom stereocenters. The molecule has 7 heteroatoms. The van der Waals surface area contributed by atoms with Gasteiger partial charge in [-0.2, -0.15) is 11.8 Å². The molecule has 0 saturated heterocycles. The minimum Gasteiger partial charge on any atom is -0.495 e. The molecule has 0 amide bonds. The molecule has 120 valence electrons. The number of benzene rings is 1. The first kappa shape index (κ1) is 18.3. The van der Waals surface area contributed by atoms with Gasteiger partial charge in [-0.25, -0.2) is 13.1 Å². The van der Waals surface area contributed by atoms with E-state index in [4.69, 9.17) is 4.74 Å². The molecule has 0 bridgehead atoms. The Labute approximate surface area is 131 Å². The van der Waals surface area contributed by atoms with Crippen LogP contribution in [0.4, 0.5) is 0 Å². The lowest BCUT2D eigenvalue weighted by atomic mass is 10.2. The molecule has 0 spiro atoms. The van der Waals surface area contributed by atoms with Crippen LogP contribution < -0.4 is 14.8 Å². The molecule has 0 aliphatic carbocycles. The molecule has 0 aromatic heterocycles. The van der Waals surface area contributed by atoms with Gasteiger partial charge in [0, 0.05) is 18.3 Å². The highest BCUT2D eigenvalue weighted by molar-refractivity contribution is 7.98. The third kappa shape index (κ3) is 5.50. The molecule has 5 nitrogen and oxygen atoms in total. The lowest BCUT2D eigenvalue weighted by Gasteiger charge is -2.16. The van der Waals surface area contributed by atoms with E-state index in [-0.39, 0.29) is 10.9 Å². The normalized spacial score (nSPS) is 13.1. The highest BCUT2D eigenvalue weighted by atomic mass is 32.2. The molecule has 1 aromatic carbocycles. The average Bonchev–Trinajstić information content (AvgIpc) is 2.44. The third-order valence-electron chi connectivity index (χ3n) is 2.87. The van der Waals surface area contributed by atoms with Gasteiger partial charge in [-0.15, -0.1) is 0 Å². The molecule has 1 rings (SSSR count). The second kappa shape index (κ2) is 8.63. The molecular formula is C14H24N2O3S2. The lowest BCUT2D eigenvalue weighted by molar-refractivity contribution is 0.402. The summed E-state index contributed by atoms with van der Waals surface area (Å²) in [4.78, 5) is 0.188. The van der Waals surface area contributed by atoms with E-state index < -0.39 is 10.0 Å². The minimum absolute atomic E-state index is 0.132. The van der Waals surface area contributed by atoms with Crippen LogP contribution in [-0.4, -0.2) is 40.1 Å². The highest BCUT2D eigenvalue weighted by Gasteiger charge is 2.22. The third-order valence-corrected chi connectivity index (χ3v) is 5.31. The van der Waals surface area contributed by atoms with Crippen molar-refractivity contribution in [1.82, 2.24) is 10.0 Å². The number of sulfonamides is 1. The maximum Gasteiger partial charge on any atom is 0.244 e. The van der Waals surface area contributed by atoms with E-state index in [1.54, 1.807) is 23.9 Å². The van der Waals surface area contributed by atoms with Crippen molar-refractivity contribution in [2.75, 3.05) is 25.7 Å². The Morgan fingerprint density at radius 3 is 2.67 bits per heavy atom. The zero-order valence-corrected chi connectivity index (χ0v) is 14.6. The molecule has 0 saturated carbocycles. The van der Waals surface area contributed by atoms with Crippen molar-refractivity contribution < 1.29 is 13.2 Å². The summed E-state index contributed by atoms with van der Waals surface area (Å²) in [5.74, 6) is 1.08. The predicted molar refractivity (Wildman–Crippen MR) is 88.5 cm³/mol. The van der Waals surface area contributed by atoms with Crippen LogP contribution in [0.3, 0.4) is 0 Å². The number of hydrogen-bond acceptors (Lipinski definition) is 5. The van der Waals surface area contributed by atoms with E-state index in [0.717, 1.165) is 17.9 Å². The quantitative estimate of drug-likeness (QED) is 0.722. The van der Waals surface area contributed by atoms with Crippen molar-refractivity contribution in [1.29, 1.82) is 0 Å². The van der Waals surface area contributed by atoms with Gasteiger partial charge in [0.05, 0.1) is 7.11 Å². The van der Waals surface area contributed by atoms with Gasteiger partial charge in [0.2, 0.25) is 10.0 Å². The van der Waals surface area contributed by atoms with Crippen molar-refractivity contribution in [2.24, 2.45) is 0 Å². The molecule has 0 heterocycles. The number of hydrogen-bond donors (Lipinski definition) is 2. The maximum absolute atomic E-state index is 12.5. The molecule has 2 N–H and O–H groups in total. The SMILES string of the molecule is CCNCc1ccc(OC)c(S(=O)(=O)NC(C)CSC)c1. The topological polar surface area (TPSA) is 67.4 Å². The predicted octanol–water partition coefficient (Wildman–Crippen LogP) is 1.83. The minimum atomic E-state index is -3.59. The molecule has 21 heavy (non-hydrogen) atoms. The Morgan fingerprint density at radius 1 is 1.38 bits per heavy atom. The Morgan fingerprint density at radius 2 is 2.10 bits per heavy atom. The summed E-state index contributed by atoms with van der Waals surface area (Å²) in [5, 5.41) is 3.18. The van der Waals surface area contributed by atoms with Crippen molar-refractivity contribution in [3.63, 3.8) is 0 Å². The highest BCUT2D eigenvalue weighted by Crippen LogP contribution is 2.25. The summed E-state index contributed by atoms with van der Waals surface area (Å²) in [7, 11) is -2.11. The summed E-state index contributed by atoms with van der Waals surface area (Å²) in [6, 6.07) is 5.09. The summed E-state index contributed by atoms with van der Waals surface area (Å²) in [6.45, 7) is 5.32.